The number of fused-ring (bicyclic) bond motifs is 2. The van der Waals surface area contributed by atoms with Gasteiger partial charge in [-0.15, -0.1) is 5.06 Å². The van der Waals surface area contributed by atoms with Crippen LogP contribution in [0.25, 0.3) is 11.4 Å². The van der Waals surface area contributed by atoms with Gasteiger partial charge in [-0.2, -0.15) is 0 Å². The first-order valence-corrected chi connectivity index (χ1v) is 16.0. The highest BCUT2D eigenvalue weighted by Crippen LogP contribution is 2.41. The van der Waals surface area contributed by atoms with Crippen molar-refractivity contribution >= 4 is 40.8 Å². The molecular formula is C35H45N5O7. The minimum atomic E-state index is -0.893. The van der Waals surface area contributed by atoms with E-state index in [1.165, 1.54) is 0 Å². The van der Waals surface area contributed by atoms with Gasteiger partial charge < -0.3 is 30.0 Å². The molecule has 0 atom stereocenters. The number of carbonyl (C=O) groups excluding carboxylic acids is 4. The number of benzene rings is 2. The van der Waals surface area contributed by atoms with E-state index in [4.69, 9.17) is 25.9 Å². The second-order valence-electron chi connectivity index (χ2n) is 14.0. The van der Waals surface area contributed by atoms with Crippen LogP contribution in [0.3, 0.4) is 0 Å². The Bertz CT molecular complexity index is 1570. The van der Waals surface area contributed by atoms with Gasteiger partial charge in [0.2, 0.25) is 5.91 Å². The standard InChI is InChI=1S/C35H45N5O7/c1-33(2,18-10-15-29(43)47-40-27(41)16-17-28(40)42)32(44)38-19-23-11-6-7-12-24(23)30(36)31(25-13-8-9-14-26(25)38)39(37)20-35(5)21-45-34(3,4)46-22-35/h6-9,11-14H,10,15-22,36-37H2,1-5H3/b31-30-. The number of nitrogens with zero attached hydrogens (tertiary/aromatic N) is 3. The van der Waals surface area contributed by atoms with Gasteiger partial charge >= 0.3 is 5.97 Å². The summed E-state index contributed by atoms with van der Waals surface area (Å²) in [5, 5.41) is 2.18. The number of para-hydroxylation sites is 1. The second kappa shape index (κ2) is 13.1. The molecule has 0 aliphatic carbocycles. The molecule has 4 N–H and O–H groups in total. The van der Waals surface area contributed by atoms with E-state index in [2.05, 4.69) is 6.92 Å². The highest BCUT2D eigenvalue weighted by atomic mass is 16.7. The van der Waals surface area contributed by atoms with E-state index in [0.29, 0.717) is 60.3 Å². The van der Waals surface area contributed by atoms with Gasteiger partial charge in [-0.25, -0.2) is 10.6 Å². The molecule has 2 fully saturated rings. The Labute approximate surface area is 275 Å². The van der Waals surface area contributed by atoms with E-state index < -0.39 is 34.4 Å². The molecule has 252 valence electrons. The predicted molar refractivity (Wildman–Crippen MR) is 175 cm³/mol. The Morgan fingerprint density at radius 3 is 2.21 bits per heavy atom. The van der Waals surface area contributed by atoms with Gasteiger partial charge in [0.25, 0.3) is 11.8 Å². The fourth-order valence-electron chi connectivity index (χ4n) is 6.16. The predicted octanol–water partition coefficient (Wildman–Crippen LogP) is 4.09. The monoisotopic (exact) mass is 647 g/mol. The van der Waals surface area contributed by atoms with Crippen molar-refractivity contribution in [3.8, 4) is 0 Å². The molecule has 0 unspecified atom stereocenters. The molecule has 3 heterocycles. The maximum Gasteiger partial charge on any atom is 0.333 e. The van der Waals surface area contributed by atoms with Crippen LogP contribution in [-0.2, 0) is 40.0 Å². The zero-order valence-corrected chi connectivity index (χ0v) is 27.8. The Morgan fingerprint density at radius 1 is 0.957 bits per heavy atom. The molecule has 3 aliphatic heterocycles. The Morgan fingerprint density at radius 2 is 1.55 bits per heavy atom. The fourth-order valence-corrected chi connectivity index (χ4v) is 6.16. The number of carbonyl (C=O) groups is 4. The lowest BCUT2D eigenvalue weighted by Crippen LogP contribution is -2.51. The van der Waals surface area contributed by atoms with Gasteiger partial charge in [0.05, 0.1) is 36.8 Å². The van der Waals surface area contributed by atoms with Crippen LogP contribution in [-0.4, -0.2) is 59.3 Å². The van der Waals surface area contributed by atoms with Gasteiger partial charge in [-0.3, -0.25) is 14.4 Å². The largest absolute Gasteiger partial charge is 0.396 e. The summed E-state index contributed by atoms with van der Waals surface area (Å²) in [6, 6.07) is 15.3. The van der Waals surface area contributed by atoms with Gasteiger partial charge in [-0.1, -0.05) is 63.2 Å². The summed E-state index contributed by atoms with van der Waals surface area (Å²) in [5.41, 5.74) is 9.70. The molecule has 12 nitrogen and oxygen atoms in total. The molecule has 0 bridgehead atoms. The van der Waals surface area contributed by atoms with Crippen molar-refractivity contribution < 1.29 is 33.5 Å². The number of nitrogens with two attached hydrogens (primary N) is 2. The minimum Gasteiger partial charge on any atom is -0.396 e. The van der Waals surface area contributed by atoms with Gasteiger partial charge in [0.1, 0.15) is 0 Å². The van der Waals surface area contributed by atoms with Gasteiger partial charge in [0.15, 0.2) is 5.79 Å². The quantitative estimate of drug-likeness (QED) is 0.231. The van der Waals surface area contributed by atoms with Crippen LogP contribution in [0.5, 0.6) is 0 Å². The zero-order valence-electron chi connectivity index (χ0n) is 27.8. The highest BCUT2D eigenvalue weighted by molar-refractivity contribution is 6.03. The van der Waals surface area contributed by atoms with Crippen LogP contribution in [0, 0.1) is 10.8 Å². The number of ether oxygens (including phenoxy) is 2. The number of hydrogen-bond donors (Lipinski definition) is 2. The third-order valence-corrected chi connectivity index (χ3v) is 8.92. The molecule has 2 saturated heterocycles. The van der Waals surface area contributed by atoms with Gasteiger partial charge in [-0.05, 0) is 38.3 Å². The number of rotatable bonds is 9. The first-order chi connectivity index (χ1) is 22.1. The van der Waals surface area contributed by atoms with Crippen LogP contribution >= 0.6 is 0 Å². The molecule has 0 aromatic heterocycles. The molecule has 2 aromatic carbocycles. The molecule has 3 amide bonds. The molecule has 5 rings (SSSR count). The Hall–Kier alpha value is -4.26. The SMILES string of the molecule is CC1(CN(N)/C2=C(\N)c3ccccc3CN(C(=O)C(C)(C)CCCC(=O)ON3C(=O)CCC3=O)c3ccccc32)COC(C)(C)OC1. The number of imide groups is 1. The van der Waals surface area contributed by atoms with E-state index in [9.17, 15) is 19.2 Å². The Balaban J connectivity index is 1.41. The average molecular weight is 648 g/mol. The smallest absolute Gasteiger partial charge is 0.333 e. The van der Waals surface area contributed by atoms with E-state index in [1.807, 2.05) is 76.2 Å². The summed E-state index contributed by atoms with van der Waals surface area (Å²) in [6.45, 7) is 11.0. The van der Waals surface area contributed by atoms with Crippen molar-refractivity contribution in [3.05, 3.63) is 65.2 Å². The molecule has 3 aliphatic rings. The third kappa shape index (κ3) is 7.34. The molecule has 0 saturated carbocycles. The first-order valence-electron chi connectivity index (χ1n) is 16.0. The minimum absolute atomic E-state index is 0.0268. The number of hydroxylamine groups is 2. The molecule has 2 aromatic rings. The van der Waals surface area contributed by atoms with Crippen molar-refractivity contribution in [2.75, 3.05) is 24.7 Å². The molecular weight excluding hydrogens is 602 g/mol. The summed E-state index contributed by atoms with van der Waals surface area (Å²) in [7, 11) is 0. The lowest BCUT2D eigenvalue weighted by atomic mass is 9.84. The zero-order chi connectivity index (χ0) is 34.1. The molecule has 12 heteroatoms. The van der Waals surface area contributed by atoms with Crippen LogP contribution in [0.1, 0.15) is 83.4 Å². The van der Waals surface area contributed by atoms with Crippen LogP contribution in [0.4, 0.5) is 5.69 Å². The van der Waals surface area contributed by atoms with Crippen molar-refractivity contribution in [1.82, 2.24) is 10.1 Å². The first kappa shape index (κ1) is 34.1. The number of hydrazine groups is 1. The van der Waals surface area contributed by atoms with Crippen molar-refractivity contribution in [2.24, 2.45) is 22.4 Å². The summed E-state index contributed by atoms with van der Waals surface area (Å²) in [4.78, 5) is 57.3. The van der Waals surface area contributed by atoms with Crippen LogP contribution < -0.4 is 16.5 Å². The maximum atomic E-state index is 14.5. The fraction of sp³-hybridized carbons (Fsp3) is 0.486. The summed E-state index contributed by atoms with van der Waals surface area (Å²) >= 11 is 0. The molecule has 47 heavy (non-hydrogen) atoms. The topological polar surface area (TPSA) is 158 Å². The van der Waals surface area contributed by atoms with E-state index in [1.54, 1.807) is 9.91 Å². The van der Waals surface area contributed by atoms with Crippen LogP contribution in [0.15, 0.2) is 48.5 Å². The Kier molecular flexibility index (Phi) is 9.50. The third-order valence-electron chi connectivity index (χ3n) is 8.92. The second-order valence-corrected chi connectivity index (χ2v) is 14.0. The van der Waals surface area contributed by atoms with E-state index in [0.717, 1.165) is 11.1 Å². The molecule has 0 spiro atoms. The lowest BCUT2D eigenvalue weighted by molar-refractivity contribution is -0.283. The lowest BCUT2D eigenvalue weighted by Gasteiger charge is -2.44. The van der Waals surface area contributed by atoms with E-state index >= 15 is 0 Å². The highest BCUT2D eigenvalue weighted by Gasteiger charge is 2.40. The summed E-state index contributed by atoms with van der Waals surface area (Å²) < 4.78 is 12.0. The normalized spacial score (nSPS) is 20.6. The van der Waals surface area contributed by atoms with Crippen LogP contribution in [0.2, 0.25) is 0 Å². The number of amides is 3. The molecule has 0 radical (unpaired) electrons. The maximum absolute atomic E-state index is 14.5. The summed E-state index contributed by atoms with van der Waals surface area (Å²) in [6.07, 6.45) is 0.667. The van der Waals surface area contributed by atoms with Crippen molar-refractivity contribution in [2.45, 2.75) is 79.1 Å². The van der Waals surface area contributed by atoms with Crippen molar-refractivity contribution in [3.63, 3.8) is 0 Å². The number of hydrogen-bond acceptors (Lipinski definition) is 10. The average Bonchev–Trinajstić information content (AvgIpc) is 3.33. The summed E-state index contributed by atoms with van der Waals surface area (Å²) in [5.74, 6) is 4.31. The van der Waals surface area contributed by atoms with Gasteiger partial charge in [0, 0.05) is 47.8 Å². The number of anilines is 1. The van der Waals surface area contributed by atoms with E-state index in [-0.39, 0.29) is 31.7 Å². The van der Waals surface area contributed by atoms with Crippen molar-refractivity contribution in [1.29, 1.82) is 0 Å².